The Morgan fingerprint density at radius 3 is 2.53 bits per heavy atom. The van der Waals surface area contributed by atoms with Crippen molar-refractivity contribution in [3.63, 3.8) is 0 Å². The molecule has 1 saturated carbocycles. The number of amides is 1. The summed E-state index contributed by atoms with van der Waals surface area (Å²) < 4.78 is 38.6. The number of halogens is 3. The van der Waals surface area contributed by atoms with Crippen LogP contribution in [-0.2, 0) is 11.0 Å². The summed E-state index contributed by atoms with van der Waals surface area (Å²) in [5, 5.41) is 9.26. The van der Waals surface area contributed by atoms with Gasteiger partial charge in [0.2, 0.25) is 11.9 Å². The van der Waals surface area contributed by atoms with E-state index in [0.29, 0.717) is 36.0 Å². The van der Waals surface area contributed by atoms with Crippen LogP contribution in [-0.4, -0.2) is 46.0 Å². The number of rotatable bonds is 5. The predicted molar refractivity (Wildman–Crippen MR) is 116 cm³/mol. The summed E-state index contributed by atoms with van der Waals surface area (Å²) in [4.78, 5) is 27.4. The van der Waals surface area contributed by atoms with Crippen LogP contribution in [0.25, 0.3) is 0 Å². The molecule has 2 aliphatic rings. The first-order chi connectivity index (χ1) is 15.0. The topological polar surface area (TPSA) is 95.1 Å². The average molecular weight is 449 g/mol. The number of alkyl halides is 3. The third-order valence-electron chi connectivity index (χ3n) is 5.88. The number of anilines is 4. The monoisotopic (exact) mass is 449 g/mol. The van der Waals surface area contributed by atoms with Crippen LogP contribution in [0.3, 0.4) is 0 Å². The summed E-state index contributed by atoms with van der Waals surface area (Å²) in [5.41, 5.74) is 0.559. The van der Waals surface area contributed by atoms with E-state index in [4.69, 9.17) is 0 Å². The summed E-state index contributed by atoms with van der Waals surface area (Å²) in [6, 6.07) is 1.75. The SMILES string of the molecule is Cc1nc(N[C@H]2C[C@@H](Nc3cc(C(F)(F)F)ccn3)C2)nc2c1NC(=O)C(C(C)C)N2C. The molecule has 172 valence electrons. The molecule has 2 aromatic heterocycles. The molecule has 1 atom stereocenters. The summed E-state index contributed by atoms with van der Waals surface area (Å²) in [5.74, 6) is 1.38. The van der Waals surface area contributed by atoms with Gasteiger partial charge in [-0.3, -0.25) is 4.79 Å². The number of likely N-dealkylation sites (N-methyl/N-ethyl adjacent to an activating group) is 1. The Morgan fingerprint density at radius 2 is 1.88 bits per heavy atom. The molecule has 4 rings (SSSR count). The summed E-state index contributed by atoms with van der Waals surface area (Å²) in [6.07, 6.45) is -1.86. The first-order valence-electron chi connectivity index (χ1n) is 10.5. The van der Waals surface area contributed by atoms with Gasteiger partial charge in [-0.05, 0) is 37.8 Å². The van der Waals surface area contributed by atoms with E-state index < -0.39 is 11.7 Å². The first-order valence-corrected chi connectivity index (χ1v) is 10.5. The summed E-state index contributed by atoms with van der Waals surface area (Å²) in [6.45, 7) is 5.79. The maximum Gasteiger partial charge on any atom is 0.416 e. The highest BCUT2D eigenvalue weighted by Gasteiger charge is 2.36. The second kappa shape index (κ2) is 8.10. The molecule has 32 heavy (non-hydrogen) atoms. The molecule has 1 aliphatic heterocycles. The molecule has 1 amide bonds. The lowest BCUT2D eigenvalue weighted by Gasteiger charge is -2.38. The molecule has 0 saturated heterocycles. The minimum Gasteiger partial charge on any atom is -0.367 e. The van der Waals surface area contributed by atoms with E-state index >= 15 is 0 Å². The minimum absolute atomic E-state index is 0.00879. The lowest BCUT2D eigenvalue weighted by molar-refractivity contribution is -0.137. The molecule has 3 heterocycles. The third-order valence-corrected chi connectivity index (χ3v) is 5.88. The van der Waals surface area contributed by atoms with Crippen molar-refractivity contribution < 1.29 is 18.0 Å². The zero-order valence-electron chi connectivity index (χ0n) is 18.3. The van der Waals surface area contributed by atoms with Gasteiger partial charge >= 0.3 is 6.18 Å². The van der Waals surface area contributed by atoms with Crippen molar-refractivity contribution >= 4 is 29.2 Å². The highest BCUT2D eigenvalue weighted by atomic mass is 19.4. The summed E-state index contributed by atoms with van der Waals surface area (Å²) >= 11 is 0. The van der Waals surface area contributed by atoms with E-state index in [-0.39, 0.29) is 35.8 Å². The van der Waals surface area contributed by atoms with Gasteiger partial charge in [-0.15, -0.1) is 0 Å². The van der Waals surface area contributed by atoms with Gasteiger partial charge in [0.15, 0.2) is 5.82 Å². The van der Waals surface area contributed by atoms with E-state index in [2.05, 4.69) is 30.9 Å². The Morgan fingerprint density at radius 1 is 1.19 bits per heavy atom. The standard InChI is InChI=1S/C21H26F3N7O/c1-10(2)17-19(32)29-16-11(3)26-20(30-18(16)31(17)4)28-14-8-13(9-14)27-15-7-12(5-6-25-15)21(22,23)24/h5-7,10,13-14,17H,8-9H2,1-4H3,(H,25,27)(H,29,32)(H,26,28,30)/t13-,14+,17?. The predicted octanol–water partition coefficient (Wildman–Crippen LogP) is 3.67. The fourth-order valence-corrected chi connectivity index (χ4v) is 4.21. The van der Waals surface area contributed by atoms with Crippen LogP contribution >= 0.6 is 0 Å². The zero-order chi connectivity index (χ0) is 23.2. The molecule has 1 aliphatic carbocycles. The number of hydrogen-bond donors (Lipinski definition) is 3. The third kappa shape index (κ3) is 4.28. The molecule has 1 fully saturated rings. The van der Waals surface area contributed by atoms with Gasteiger partial charge in [-0.2, -0.15) is 18.2 Å². The number of fused-ring (bicyclic) bond motifs is 1. The van der Waals surface area contributed by atoms with E-state index in [0.717, 1.165) is 18.3 Å². The Kier molecular flexibility index (Phi) is 5.59. The second-order valence-electron chi connectivity index (χ2n) is 8.70. The molecular weight excluding hydrogens is 423 g/mol. The lowest BCUT2D eigenvalue weighted by atomic mass is 9.87. The Hall–Kier alpha value is -3.11. The van der Waals surface area contributed by atoms with E-state index in [9.17, 15) is 18.0 Å². The van der Waals surface area contributed by atoms with Crippen molar-refractivity contribution in [3.05, 3.63) is 29.6 Å². The molecule has 0 bridgehead atoms. The summed E-state index contributed by atoms with van der Waals surface area (Å²) in [7, 11) is 1.85. The van der Waals surface area contributed by atoms with Gasteiger partial charge in [0.1, 0.15) is 17.5 Å². The number of aromatic nitrogens is 3. The molecule has 3 N–H and O–H groups in total. The Bertz CT molecular complexity index is 1020. The van der Waals surface area contributed by atoms with Crippen molar-refractivity contribution in [1.82, 2.24) is 15.0 Å². The van der Waals surface area contributed by atoms with E-state index in [1.165, 1.54) is 0 Å². The van der Waals surface area contributed by atoms with Crippen LogP contribution < -0.4 is 20.9 Å². The molecule has 0 aromatic carbocycles. The first kappa shape index (κ1) is 22.1. The van der Waals surface area contributed by atoms with Crippen LogP contribution in [0.2, 0.25) is 0 Å². The van der Waals surface area contributed by atoms with E-state index in [1.807, 2.05) is 32.7 Å². The Balaban J connectivity index is 1.40. The van der Waals surface area contributed by atoms with Crippen LogP contribution in [0.5, 0.6) is 0 Å². The molecule has 1 unspecified atom stereocenters. The second-order valence-corrected chi connectivity index (χ2v) is 8.70. The molecule has 11 heteroatoms. The highest BCUT2D eigenvalue weighted by molar-refractivity contribution is 6.03. The number of aryl methyl sites for hydroxylation is 1. The highest BCUT2D eigenvalue weighted by Crippen LogP contribution is 2.35. The number of pyridine rings is 1. The van der Waals surface area contributed by atoms with Crippen LogP contribution in [0.4, 0.5) is 36.4 Å². The largest absolute Gasteiger partial charge is 0.416 e. The number of nitrogens with zero attached hydrogens (tertiary/aromatic N) is 4. The van der Waals surface area contributed by atoms with Crippen LogP contribution in [0.1, 0.15) is 37.9 Å². The van der Waals surface area contributed by atoms with Gasteiger partial charge in [0.05, 0.1) is 11.3 Å². The maximum atomic E-state index is 12.9. The maximum absolute atomic E-state index is 12.9. The van der Waals surface area contributed by atoms with Gasteiger partial charge in [0.25, 0.3) is 0 Å². The van der Waals surface area contributed by atoms with Crippen LogP contribution in [0.15, 0.2) is 18.3 Å². The average Bonchev–Trinajstić information content (AvgIpc) is 2.66. The van der Waals surface area contributed by atoms with Crippen molar-refractivity contribution in [2.75, 3.05) is 27.9 Å². The van der Waals surface area contributed by atoms with Gasteiger partial charge in [-0.1, -0.05) is 13.8 Å². The number of hydrogen-bond acceptors (Lipinski definition) is 7. The van der Waals surface area contributed by atoms with Crippen molar-refractivity contribution in [2.45, 2.75) is 57.9 Å². The Labute approximate surface area is 184 Å². The van der Waals surface area contributed by atoms with Gasteiger partial charge in [0, 0.05) is 25.3 Å². The fraction of sp³-hybridized carbons (Fsp3) is 0.524. The molecular formula is C21H26F3N7O. The number of carbonyl (C=O) groups excluding carboxylic acids is 1. The van der Waals surface area contributed by atoms with Crippen molar-refractivity contribution in [2.24, 2.45) is 5.92 Å². The lowest BCUT2D eigenvalue weighted by Crippen LogP contribution is -2.50. The zero-order valence-corrected chi connectivity index (χ0v) is 18.3. The quantitative estimate of drug-likeness (QED) is 0.641. The normalized spacial score (nSPS) is 22.8. The number of nitrogens with one attached hydrogen (secondary N) is 3. The van der Waals surface area contributed by atoms with Crippen molar-refractivity contribution in [3.8, 4) is 0 Å². The fourth-order valence-electron chi connectivity index (χ4n) is 4.21. The number of carbonyl (C=O) groups is 1. The van der Waals surface area contributed by atoms with Gasteiger partial charge in [-0.25, -0.2) is 9.97 Å². The van der Waals surface area contributed by atoms with Crippen LogP contribution in [0, 0.1) is 12.8 Å². The van der Waals surface area contributed by atoms with Gasteiger partial charge < -0.3 is 20.9 Å². The molecule has 8 nitrogen and oxygen atoms in total. The minimum atomic E-state index is -4.40. The van der Waals surface area contributed by atoms with E-state index in [1.54, 1.807) is 0 Å². The molecule has 0 spiro atoms. The smallest absolute Gasteiger partial charge is 0.367 e. The molecule has 2 aromatic rings. The molecule has 0 radical (unpaired) electrons. The van der Waals surface area contributed by atoms with Crippen molar-refractivity contribution in [1.29, 1.82) is 0 Å².